The van der Waals surface area contributed by atoms with Crippen molar-refractivity contribution < 1.29 is 4.79 Å². The molecule has 1 saturated heterocycles. The van der Waals surface area contributed by atoms with E-state index in [1.54, 1.807) is 0 Å². The molecule has 0 radical (unpaired) electrons. The van der Waals surface area contributed by atoms with Crippen molar-refractivity contribution in [2.45, 2.75) is 19.3 Å². The van der Waals surface area contributed by atoms with E-state index < -0.39 is 0 Å². The normalized spacial score (nSPS) is 29.1. The SMILES string of the molecule is O=CN1CC2(CCC2)C1. The van der Waals surface area contributed by atoms with Gasteiger partial charge in [-0.2, -0.15) is 0 Å². The lowest BCUT2D eigenvalue weighted by Crippen LogP contribution is -2.58. The Hall–Kier alpha value is -0.530. The van der Waals surface area contributed by atoms with Gasteiger partial charge < -0.3 is 4.90 Å². The molecule has 2 rings (SSSR count). The van der Waals surface area contributed by atoms with Crippen molar-refractivity contribution >= 4 is 6.41 Å². The second-order valence-corrected chi connectivity index (χ2v) is 3.36. The van der Waals surface area contributed by atoms with Gasteiger partial charge in [0, 0.05) is 18.5 Å². The second kappa shape index (κ2) is 1.49. The van der Waals surface area contributed by atoms with E-state index in [0.717, 1.165) is 19.5 Å². The summed E-state index contributed by atoms with van der Waals surface area (Å²) < 4.78 is 0. The van der Waals surface area contributed by atoms with E-state index in [4.69, 9.17) is 0 Å². The molecule has 1 amide bonds. The van der Waals surface area contributed by atoms with Crippen LogP contribution in [0.5, 0.6) is 0 Å². The van der Waals surface area contributed by atoms with Crippen LogP contribution in [0.2, 0.25) is 0 Å². The summed E-state index contributed by atoms with van der Waals surface area (Å²) in [5, 5.41) is 0. The maximum Gasteiger partial charge on any atom is 0.209 e. The molecule has 0 aromatic rings. The number of hydrogen-bond donors (Lipinski definition) is 0. The third kappa shape index (κ3) is 0.590. The van der Waals surface area contributed by atoms with E-state index in [1.807, 2.05) is 4.90 Å². The average Bonchev–Trinajstić information content (AvgIpc) is 1.59. The predicted molar refractivity (Wildman–Crippen MR) is 33.9 cm³/mol. The first-order valence-corrected chi connectivity index (χ1v) is 3.54. The first-order valence-electron chi connectivity index (χ1n) is 3.54. The van der Waals surface area contributed by atoms with Crippen LogP contribution >= 0.6 is 0 Å². The molecule has 2 aliphatic rings. The molecule has 1 saturated carbocycles. The zero-order valence-corrected chi connectivity index (χ0v) is 5.47. The van der Waals surface area contributed by atoms with Crippen molar-refractivity contribution in [2.75, 3.05) is 13.1 Å². The van der Waals surface area contributed by atoms with Crippen molar-refractivity contribution in [3.05, 3.63) is 0 Å². The standard InChI is InChI=1S/C7H11NO/c9-6-8-4-7(5-8)2-1-3-7/h6H,1-5H2. The second-order valence-electron chi connectivity index (χ2n) is 3.36. The Morgan fingerprint density at radius 1 is 1.33 bits per heavy atom. The van der Waals surface area contributed by atoms with Crippen LogP contribution in [-0.2, 0) is 4.79 Å². The van der Waals surface area contributed by atoms with E-state index >= 15 is 0 Å². The summed E-state index contributed by atoms with van der Waals surface area (Å²) in [5.74, 6) is 0. The van der Waals surface area contributed by atoms with Gasteiger partial charge in [0.05, 0.1) is 0 Å². The van der Waals surface area contributed by atoms with Gasteiger partial charge in [-0.25, -0.2) is 0 Å². The van der Waals surface area contributed by atoms with E-state index in [-0.39, 0.29) is 0 Å². The molecular weight excluding hydrogens is 114 g/mol. The number of amides is 1. The molecule has 50 valence electrons. The molecule has 0 bridgehead atoms. The summed E-state index contributed by atoms with van der Waals surface area (Å²) in [4.78, 5) is 12.0. The van der Waals surface area contributed by atoms with Crippen LogP contribution in [0, 0.1) is 5.41 Å². The zero-order chi connectivity index (χ0) is 6.32. The lowest BCUT2D eigenvalue weighted by Gasteiger charge is -2.54. The van der Waals surface area contributed by atoms with E-state index in [2.05, 4.69) is 0 Å². The first kappa shape index (κ1) is 5.27. The molecule has 0 aromatic carbocycles. The molecular formula is C7H11NO. The Bertz CT molecular complexity index is 132. The quantitative estimate of drug-likeness (QED) is 0.471. The molecule has 2 heteroatoms. The topological polar surface area (TPSA) is 20.3 Å². The van der Waals surface area contributed by atoms with Crippen molar-refractivity contribution in [3.8, 4) is 0 Å². The first-order chi connectivity index (χ1) is 4.35. The van der Waals surface area contributed by atoms with Gasteiger partial charge in [-0.15, -0.1) is 0 Å². The molecule has 0 atom stereocenters. The minimum Gasteiger partial charge on any atom is -0.344 e. The van der Waals surface area contributed by atoms with Gasteiger partial charge in [-0.05, 0) is 12.8 Å². The zero-order valence-electron chi connectivity index (χ0n) is 5.47. The van der Waals surface area contributed by atoms with Gasteiger partial charge in [0.25, 0.3) is 0 Å². The van der Waals surface area contributed by atoms with Crippen LogP contribution in [0.25, 0.3) is 0 Å². The Balaban J connectivity index is 1.88. The Morgan fingerprint density at radius 2 is 2.00 bits per heavy atom. The molecule has 2 fully saturated rings. The highest BCUT2D eigenvalue weighted by Gasteiger charge is 2.46. The summed E-state index contributed by atoms with van der Waals surface area (Å²) in [5.41, 5.74) is 0.612. The van der Waals surface area contributed by atoms with Crippen LogP contribution in [0.15, 0.2) is 0 Å². The number of carbonyl (C=O) groups is 1. The maximum absolute atomic E-state index is 10.1. The van der Waals surface area contributed by atoms with Crippen LogP contribution in [-0.4, -0.2) is 24.4 Å². The van der Waals surface area contributed by atoms with Gasteiger partial charge >= 0.3 is 0 Å². The van der Waals surface area contributed by atoms with Gasteiger partial charge in [0.1, 0.15) is 0 Å². The van der Waals surface area contributed by atoms with Crippen molar-refractivity contribution in [1.82, 2.24) is 4.90 Å². The van der Waals surface area contributed by atoms with Crippen molar-refractivity contribution in [1.29, 1.82) is 0 Å². The Kier molecular flexibility index (Phi) is 0.875. The lowest BCUT2D eigenvalue weighted by atomic mass is 9.64. The highest BCUT2D eigenvalue weighted by atomic mass is 16.1. The fourth-order valence-corrected chi connectivity index (χ4v) is 1.88. The monoisotopic (exact) mass is 125 g/mol. The summed E-state index contributed by atoms with van der Waals surface area (Å²) in [6.07, 6.45) is 5.06. The van der Waals surface area contributed by atoms with Crippen molar-refractivity contribution in [3.63, 3.8) is 0 Å². The molecule has 1 heterocycles. The van der Waals surface area contributed by atoms with Gasteiger partial charge in [-0.3, -0.25) is 4.79 Å². The summed E-state index contributed by atoms with van der Waals surface area (Å²) in [6.45, 7) is 2.08. The fraction of sp³-hybridized carbons (Fsp3) is 0.857. The lowest BCUT2D eigenvalue weighted by molar-refractivity contribution is -0.135. The van der Waals surface area contributed by atoms with Gasteiger partial charge in [-0.1, -0.05) is 6.42 Å². The third-order valence-electron chi connectivity index (χ3n) is 2.64. The third-order valence-corrected chi connectivity index (χ3v) is 2.64. The van der Waals surface area contributed by atoms with E-state index in [0.29, 0.717) is 5.41 Å². The van der Waals surface area contributed by atoms with Crippen molar-refractivity contribution in [2.24, 2.45) is 5.41 Å². The van der Waals surface area contributed by atoms with E-state index in [1.165, 1.54) is 19.3 Å². The average molecular weight is 125 g/mol. The van der Waals surface area contributed by atoms with Crippen LogP contribution in [0.3, 0.4) is 0 Å². The molecule has 9 heavy (non-hydrogen) atoms. The van der Waals surface area contributed by atoms with Crippen LogP contribution in [0.4, 0.5) is 0 Å². The summed E-state index contributed by atoms with van der Waals surface area (Å²) in [6, 6.07) is 0. The number of nitrogens with zero attached hydrogens (tertiary/aromatic N) is 1. The largest absolute Gasteiger partial charge is 0.344 e. The Morgan fingerprint density at radius 3 is 2.33 bits per heavy atom. The highest BCUT2D eigenvalue weighted by Crippen LogP contribution is 2.47. The minimum atomic E-state index is 0.612. The molecule has 0 N–H and O–H groups in total. The summed E-state index contributed by atoms with van der Waals surface area (Å²) >= 11 is 0. The molecule has 1 aliphatic carbocycles. The molecule has 1 spiro atoms. The molecule has 0 unspecified atom stereocenters. The van der Waals surface area contributed by atoms with E-state index in [9.17, 15) is 4.79 Å². The predicted octanol–water partition coefficient (Wildman–Crippen LogP) is 0.629. The van der Waals surface area contributed by atoms with Crippen LogP contribution in [0.1, 0.15) is 19.3 Å². The Labute approximate surface area is 54.8 Å². The van der Waals surface area contributed by atoms with Gasteiger partial charge in [0.2, 0.25) is 6.41 Å². The number of rotatable bonds is 1. The van der Waals surface area contributed by atoms with Crippen LogP contribution < -0.4 is 0 Å². The minimum absolute atomic E-state index is 0.612. The number of carbonyl (C=O) groups excluding carboxylic acids is 1. The number of hydrogen-bond acceptors (Lipinski definition) is 1. The molecule has 0 aromatic heterocycles. The maximum atomic E-state index is 10.1. The molecule has 1 aliphatic heterocycles. The highest BCUT2D eigenvalue weighted by molar-refractivity contribution is 5.49. The molecule has 2 nitrogen and oxygen atoms in total. The fourth-order valence-electron chi connectivity index (χ4n) is 1.88. The summed E-state index contributed by atoms with van der Waals surface area (Å²) in [7, 11) is 0. The number of likely N-dealkylation sites (tertiary alicyclic amines) is 1. The smallest absolute Gasteiger partial charge is 0.209 e. The van der Waals surface area contributed by atoms with Gasteiger partial charge in [0.15, 0.2) is 0 Å².